The first-order valence-electron chi connectivity index (χ1n) is 31.8. The van der Waals surface area contributed by atoms with Crippen LogP contribution in [0.25, 0.3) is 0 Å². The molecular weight excluding hydrogens is 1110 g/mol. The number of unbranched alkanes of at least 4 members (excludes halogenated alkanes) is 11. The molecule has 19 nitrogen and oxygen atoms in total. The van der Waals surface area contributed by atoms with E-state index >= 15 is 0 Å². The second-order valence-electron chi connectivity index (χ2n) is 22.1. The number of hydrogen-bond acceptors (Lipinski definition) is 18. The zero-order valence-electron chi connectivity index (χ0n) is 51.2. The number of aliphatic hydroxyl groups is 11. The monoisotopic (exact) mass is 1220 g/mol. The summed E-state index contributed by atoms with van der Waals surface area (Å²) in [6.07, 6.45) is 37.7. The summed E-state index contributed by atoms with van der Waals surface area (Å²) < 4.78 is 34.2. The summed E-state index contributed by atoms with van der Waals surface area (Å²) in [7, 11) is 0. The summed E-state index contributed by atoms with van der Waals surface area (Å²) in [5, 5.41) is 120. The molecule has 86 heavy (non-hydrogen) atoms. The topological polar surface area (TPSA) is 307 Å². The van der Waals surface area contributed by atoms with Gasteiger partial charge in [0.05, 0.1) is 38.6 Å². The number of hydrogen-bond donors (Lipinski definition) is 12. The summed E-state index contributed by atoms with van der Waals surface area (Å²) in [6.45, 7) is 1.52. The molecule has 3 heterocycles. The molecule has 12 N–H and O–H groups in total. The van der Waals surface area contributed by atoms with E-state index in [0.29, 0.717) is 6.42 Å². The Kier molecular flexibility index (Phi) is 42.7. The number of carbonyl (C=O) groups is 1. The molecule has 19 heteroatoms. The molecule has 3 fully saturated rings. The van der Waals surface area contributed by atoms with Crippen LogP contribution in [0.2, 0.25) is 0 Å². The molecular formula is C67H109NO18. The smallest absolute Gasteiger partial charge is 0.220 e. The van der Waals surface area contributed by atoms with E-state index in [9.17, 15) is 61.0 Å². The van der Waals surface area contributed by atoms with Crippen LogP contribution in [0.4, 0.5) is 0 Å². The maximum absolute atomic E-state index is 13.3. The summed E-state index contributed by atoms with van der Waals surface area (Å²) in [4.78, 5) is 13.3. The van der Waals surface area contributed by atoms with Gasteiger partial charge >= 0.3 is 0 Å². The molecule has 490 valence electrons. The van der Waals surface area contributed by atoms with Gasteiger partial charge in [-0.15, -0.1) is 0 Å². The molecule has 3 aliphatic rings. The summed E-state index contributed by atoms with van der Waals surface area (Å²) in [6, 6.07) is -0.998. The zero-order chi connectivity index (χ0) is 62.6. The molecule has 0 spiro atoms. The Labute approximate surface area is 512 Å². The molecule has 1 amide bonds. The van der Waals surface area contributed by atoms with Crippen LogP contribution in [-0.4, -0.2) is 193 Å². The van der Waals surface area contributed by atoms with E-state index in [2.05, 4.69) is 129 Å². The Bertz CT molecular complexity index is 2030. The lowest BCUT2D eigenvalue weighted by molar-refractivity contribution is -0.379. The van der Waals surface area contributed by atoms with Crippen molar-refractivity contribution in [1.82, 2.24) is 5.32 Å². The highest BCUT2D eigenvalue weighted by atomic mass is 16.8. The third-order valence-electron chi connectivity index (χ3n) is 15.0. The fourth-order valence-corrected chi connectivity index (χ4v) is 9.83. The molecule has 17 unspecified atom stereocenters. The Morgan fingerprint density at radius 3 is 1.26 bits per heavy atom. The second kappa shape index (κ2) is 48.1. The predicted octanol–water partition coefficient (Wildman–Crippen LogP) is 6.87. The molecule has 0 bridgehead atoms. The first-order valence-corrected chi connectivity index (χ1v) is 31.8. The van der Waals surface area contributed by atoms with E-state index < -0.39 is 124 Å². The Balaban J connectivity index is 1.42. The van der Waals surface area contributed by atoms with Gasteiger partial charge in [0.25, 0.3) is 0 Å². The van der Waals surface area contributed by atoms with Crippen molar-refractivity contribution in [2.24, 2.45) is 0 Å². The molecule has 0 aliphatic carbocycles. The van der Waals surface area contributed by atoms with Gasteiger partial charge in [-0.3, -0.25) is 4.79 Å². The molecule has 0 saturated carbocycles. The van der Waals surface area contributed by atoms with Crippen molar-refractivity contribution in [3.8, 4) is 0 Å². The normalized spacial score (nSPS) is 29.6. The molecule has 0 radical (unpaired) electrons. The number of ether oxygens (including phenoxy) is 6. The summed E-state index contributed by atoms with van der Waals surface area (Å²) in [5.74, 6) is -0.316. The molecule has 3 aliphatic heterocycles. The minimum absolute atomic E-state index is 0.194. The number of nitrogens with one attached hydrogen (secondary N) is 1. The van der Waals surface area contributed by atoms with Crippen molar-refractivity contribution in [2.45, 2.75) is 266 Å². The quantitative estimate of drug-likeness (QED) is 0.0219. The van der Waals surface area contributed by atoms with Crippen LogP contribution in [0.1, 0.15) is 162 Å². The number of amides is 1. The summed E-state index contributed by atoms with van der Waals surface area (Å²) >= 11 is 0. The third-order valence-corrected chi connectivity index (χ3v) is 15.0. The van der Waals surface area contributed by atoms with E-state index in [1.165, 1.54) is 32.1 Å². The molecule has 3 rings (SSSR count). The van der Waals surface area contributed by atoms with Gasteiger partial charge in [0.1, 0.15) is 73.2 Å². The number of allylic oxidation sites excluding steroid dienone is 19. The van der Waals surface area contributed by atoms with Crippen molar-refractivity contribution in [2.75, 3.05) is 26.4 Å². The van der Waals surface area contributed by atoms with Gasteiger partial charge in [0, 0.05) is 6.42 Å². The van der Waals surface area contributed by atoms with Gasteiger partial charge in [-0.05, 0) is 89.9 Å². The molecule has 17 atom stereocenters. The minimum atomic E-state index is -1.99. The highest BCUT2D eigenvalue weighted by molar-refractivity contribution is 5.76. The Morgan fingerprint density at radius 1 is 0.430 bits per heavy atom. The van der Waals surface area contributed by atoms with Crippen LogP contribution in [0.15, 0.2) is 122 Å². The molecule has 0 aromatic rings. The highest BCUT2D eigenvalue weighted by Crippen LogP contribution is 2.33. The SMILES string of the molecule is CC/C=C\C/C=C\C/C=C\C/C=C\C/C=C\C/C=C\C/C=C\C/C=C\C/C=C\CCCCCC(=O)NC(COC1OC(CO)C(OC2OC(CO)C(OC3OC(CO)C(O)C(O)C3O)C(O)C2O)C(O)C1O)C(O)/C=C/CCCCCCCCCC. The number of rotatable bonds is 45. The van der Waals surface area contributed by atoms with E-state index in [1.807, 2.05) is 6.08 Å². The molecule has 0 aromatic heterocycles. The van der Waals surface area contributed by atoms with Crippen molar-refractivity contribution >= 4 is 5.91 Å². The van der Waals surface area contributed by atoms with Crippen molar-refractivity contribution in [1.29, 1.82) is 0 Å². The van der Waals surface area contributed by atoms with Gasteiger partial charge in [-0.2, -0.15) is 0 Å². The van der Waals surface area contributed by atoms with E-state index in [4.69, 9.17) is 28.4 Å². The zero-order valence-corrected chi connectivity index (χ0v) is 51.2. The van der Waals surface area contributed by atoms with E-state index in [1.54, 1.807) is 6.08 Å². The summed E-state index contributed by atoms with van der Waals surface area (Å²) in [5.41, 5.74) is 0. The molecule has 3 saturated heterocycles. The van der Waals surface area contributed by atoms with Gasteiger partial charge in [0.2, 0.25) is 5.91 Å². The third kappa shape index (κ3) is 30.6. The lowest BCUT2D eigenvalue weighted by Gasteiger charge is -2.48. The fourth-order valence-electron chi connectivity index (χ4n) is 9.83. The lowest BCUT2D eigenvalue weighted by atomic mass is 9.96. The number of carbonyl (C=O) groups excluding carboxylic acids is 1. The lowest BCUT2D eigenvalue weighted by Crippen LogP contribution is -2.66. The average Bonchev–Trinajstić information content (AvgIpc) is 1.89. The fraction of sp³-hybridized carbons (Fsp3) is 0.687. The van der Waals surface area contributed by atoms with Gasteiger partial charge in [-0.1, -0.05) is 187 Å². The van der Waals surface area contributed by atoms with Gasteiger partial charge in [-0.25, -0.2) is 0 Å². The van der Waals surface area contributed by atoms with Crippen molar-refractivity contribution in [3.05, 3.63) is 122 Å². The first-order chi connectivity index (χ1) is 41.8. The van der Waals surface area contributed by atoms with Crippen LogP contribution >= 0.6 is 0 Å². The number of aliphatic hydroxyl groups excluding tert-OH is 11. The van der Waals surface area contributed by atoms with Crippen molar-refractivity contribution < 1.29 is 89.4 Å². The largest absolute Gasteiger partial charge is 0.394 e. The maximum Gasteiger partial charge on any atom is 0.220 e. The van der Waals surface area contributed by atoms with Gasteiger partial charge in [0.15, 0.2) is 18.9 Å². The van der Waals surface area contributed by atoms with Crippen LogP contribution < -0.4 is 5.32 Å². The van der Waals surface area contributed by atoms with Gasteiger partial charge < -0.3 is 89.9 Å². The molecule has 0 aromatic carbocycles. The average molecular weight is 1220 g/mol. The predicted molar refractivity (Wildman–Crippen MR) is 332 cm³/mol. The standard InChI is InChI=1S/C67H109NO18/c1-3-5-7-9-11-13-15-16-17-18-19-20-21-22-23-24-25-26-27-28-29-30-31-32-33-34-35-37-39-41-43-45-55(73)68-50(51(72)44-42-40-38-36-14-12-10-8-6-4-2)49-81-65-61(79)58(76)63(53(47-70)83-65)86-67-62(80)59(77)64(54(48-71)84-67)85-66-60(78)57(75)56(74)52(46-69)82-66/h5,7,11,13,16-17,19-20,22-23,25-26,28-29,31-32,34-35,42,44,50-54,56-67,69-72,74-80H,3-4,6,8-10,12,14-15,18,21,24,27,30,33,36-41,43,45-49H2,1-2H3,(H,68,73)/b7-5-,13-11-,17-16-,20-19-,23-22-,26-25-,29-28-,32-31-,35-34-,44-42+. The minimum Gasteiger partial charge on any atom is -0.394 e. The Hall–Kier alpha value is -3.81. The van der Waals surface area contributed by atoms with Crippen molar-refractivity contribution in [3.63, 3.8) is 0 Å². The van der Waals surface area contributed by atoms with Crippen LogP contribution in [0, 0.1) is 0 Å². The van der Waals surface area contributed by atoms with Crippen LogP contribution in [0.3, 0.4) is 0 Å². The highest BCUT2D eigenvalue weighted by Gasteiger charge is 2.53. The maximum atomic E-state index is 13.3. The first kappa shape index (κ1) is 76.4. The van der Waals surface area contributed by atoms with E-state index in [0.717, 1.165) is 103 Å². The van der Waals surface area contributed by atoms with Crippen LogP contribution in [0.5, 0.6) is 0 Å². The van der Waals surface area contributed by atoms with E-state index in [-0.39, 0.29) is 18.9 Å². The second-order valence-corrected chi connectivity index (χ2v) is 22.1. The van der Waals surface area contributed by atoms with Crippen LogP contribution in [-0.2, 0) is 33.2 Å². The Morgan fingerprint density at radius 2 is 0.802 bits per heavy atom.